The van der Waals surface area contributed by atoms with Gasteiger partial charge in [-0.25, -0.2) is 9.97 Å². The molecule has 0 bridgehead atoms. The molecule has 1 aliphatic rings. The van der Waals surface area contributed by atoms with E-state index in [1.807, 2.05) is 14.0 Å². The molecule has 6 nitrogen and oxygen atoms in total. The zero-order chi connectivity index (χ0) is 11.7. The van der Waals surface area contributed by atoms with Gasteiger partial charge in [0.05, 0.1) is 5.69 Å². The minimum Gasteiger partial charge on any atom is -0.480 e. The second-order valence-corrected chi connectivity index (χ2v) is 3.98. The molecule has 16 heavy (non-hydrogen) atoms. The minimum atomic E-state index is -0.918. The van der Waals surface area contributed by atoms with E-state index in [-0.39, 0.29) is 6.54 Å². The summed E-state index contributed by atoms with van der Waals surface area (Å²) >= 11 is 0. The van der Waals surface area contributed by atoms with E-state index in [1.54, 1.807) is 0 Å². The summed E-state index contributed by atoms with van der Waals surface area (Å²) in [7, 11) is 2.02. The van der Waals surface area contributed by atoms with Crippen LogP contribution in [0.5, 0.6) is 0 Å². The molecule has 0 saturated carbocycles. The van der Waals surface area contributed by atoms with Crippen LogP contribution in [0.2, 0.25) is 0 Å². The first kappa shape index (κ1) is 10.8. The van der Waals surface area contributed by atoms with Gasteiger partial charge in [-0.05, 0) is 14.0 Å². The number of aryl methyl sites for hydroxylation is 1. The van der Waals surface area contributed by atoms with E-state index in [9.17, 15) is 4.79 Å². The molecule has 2 rings (SSSR count). The van der Waals surface area contributed by atoms with Crippen molar-refractivity contribution in [1.82, 2.24) is 14.9 Å². The third kappa shape index (κ3) is 2.11. The molecule has 2 N–H and O–H groups in total. The fraction of sp³-hybridized carbons (Fsp3) is 0.500. The standard InChI is InChI=1S/C10H14N4O2/c1-6-7-4-14(2)5-8(7)13-10(12-6)11-3-9(15)16/h3-5H2,1-2H3,(H,15,16)(H,11,12,13). The number of hydrogen-bond donors (Lipinski definition) is 2. The van der Waals surface area contributed by atoms with Crippen molar-refractivity contribution in [3.8, 4) is 0 Å². The van der Waals surface area contributed by atoms with Gasteiger partial charge in [0.15, 0.2) is 0 Å². The Morgan fingerprint density at radius 1 is 1.50 bits per heavy atom. The van der Waals surface area contributed by atoms with Crippen molar-refractivity contribution < 1.29 is 9.90 Å². The lowest BCUT2D eigenvalue weighted by atomic mass is 10.2. The lowest BCUT2D eigenvalue weighted by Gasteiger charge is -2.06. The van der Waals surface area contributed by atoms with Crippen LogP contribution < -0.4 is 5.32 Å². The molecule has 1 aliphatic heterocycles. The Hall–Kier alpha value is -1.69. The normalized spacial score (nSPS) is 14.9. The number of carboxylic acids is 1. The van der Waals surface area contributed by atoms with E-state index in [0.29, 0.717) is 5.95 Å². The van der Waals surface area contributed by atoms with Crippen molar-refractivity contribution in [2.24, 2.45) is 0 Å². The topological polar surface area (TPSA) is 78.3 Å². The SMILES string of the molecule is Cc1nc(NCC(=O)O)nc2c1CN(C)C2. The number of hydrogen-bond acceptors (Lipinski definition) is 5. The molecule has 1 aromatic heterocycles. The number of carbonyl (C=O) groups is 1. The highest BCUT2D eigenvalue weighted by atomic mass is 16.4. The molecule has 0 saturated heterocycles. The molecule has 0 aromatic carbocycles. The van der Waals surface area contributed by atoms with Crippen molar-refractivity contribution in [2.45, 2.75) is 20.0 Å². The molecule has 2 heterocycles. The van der Waals surface area contributed by atoms with Gasteiger partial charge in [-0.1, -0.05) is 0 Å². The fourth-order valence-electron chi connectivity index (χ4n) is 1.81. The van der Waals surface area contributed by atoms with Crippen LogP contribution in [-0.2, 0) is 17.9 Å². The summed E-state index contributed by atoms with van der Waals surface area (Å²) in [6.07, 6.45) is 0. The first-order valence-corrected chi connectivity index (χ1v) is 5.07. The molecular formula is C10H14N4O2. The Balaban J connectivity index is 2.21. The summed E-state index contributed by atoms with van der Waals surface area (Å²) in [5.74, 6) is -0.521. The van der Waals surface area contributed by atoms with Crippen LogP contribution in [0, 0.1) is 6.92 Å². The number of aromatic nitrogens is 2. The summed E-state index contributed by atoms with van der Waals surface area (Å²) in [6, 6.07) is 0. The molecule has 0 aliphatic carbocycles. The Labute approximate surface area is 93.3 Å². The van der Waals surface area contributed by atoms with Gasteiger partial charge in [0, 0.05) is 24.3 Å². The van der Waals surface area contributed by atoms with E-state index < -0.39 is 5.97 Å². The van der Waals surface area contributed by atoms with Gasteiger partial charge in [0.2, 0.25) is 5.95 Å². The first-order valence-electron chi connectivity index (χ1n) is 5.07. The smallest absolute Gasteiger partial charge is 0.322 e. The molecule has 0 amide bonds. The molecule has 86 valence electrons. The van der Waals surface area contributed by atoms with Crippen molar-refractivity contribution >= 4 is 11.9 Å². The zero-order valence-corrected chi connectivity index (χ0v) is 9.32. The number of nitrogens with zero attached hydrogens (tertiary/aromatic N) is 3. The highest BCUT2D eigenvalue weighted by Crippen LogP contribution is 2.22. The number of anilines is 1. The molecule has 0 unspecified atom stereocenters. The summed E-state index contributed by atoms with van der Waals surface area (Å²) in [5, 5.41) is 11.2. The predicted octanol–water partition coefficient (Wildman–Crippen LogP) is 0.227. The van der Waals surface area contributed by atoms with Crippen LogP contribution in [0.25, 0.3) is 0 Å². The maximum atomic E-state index is 10.4. The van der Waals surface area contributed by atoms with E-state index >= 15 is 0 Å². The number of fused-ring (bicyclic) bond motifs is 1. The van der Waals surface area contributed by atoms with Gasteiger partial charge < -0.3 is 10.4 Å². The maximum Gasteiger partial charge on any atom is 0.322 e. The second kappa shape index (κ2) is 4.05. The molecular weight excluding hydrogens is 208 g/mol. The first-order chi connectivity index (χ1) is 7.56. The molecule has 6 heteroatoms. The van der Waals surface area contributed by atoms with Gasteiger partial charge in [-0.15, -0.1) is 0 Å². The molecule has 0 fully saturated rings. The highest BCUT2D eigenvalue weighted by molar-refractivity contribution is 5.71. The van der Waals surface area contributed by atoms with Crippen LogP contribution in [0.1, 0.15) is 17.0 Å². The fourth-order valence-corrected chi connectivity index (χ4v) is 1.81. The number of aliphatic carboxylic acids is 1. The molecule has 0 spiro atoms. The van der Waals surface area contributed by atoms with Gasteiger partial charge >= 0.3 is 5.97 Å². The average molecular weight is 222 g/mol. The summed E-state index contributed by atoms with van der Waals surface area (Å²) in [5.41, 5.74) is 3.06. The lowest BCUT2D eigenvalue weighted by molar-refractivity contribution is -0.134. The summed E-state index contributed by atoms with van der Waals surface area (Å²) in [4.78, 5) is 21.1. The van der Waals surface area contributed by atoms with Crippen molar-refractivity contribution in [3.05, 3.63) is 17.0 Å². The number of carboxylic acid groups (broad SMARTS) is 1. The number of rotatable bonds is 3. The van der Waals surface area contributed by atoms with E-state index in [0.717, 1.165) is 30.0 Å². The lowest BCUT2D eigenvalue weighted by Crippen LogP contribution is -2.15. The van der Waals surface area contributed by atoms with E-state index in [4.69, 9.17) is 5.11 Å². The largest absolute Gasteiger partial charge is 0.480 e. The van der Waals surface area contributed by atoms with Crippen LogP contribution in [0.15, 0.2) is 0 Å². The quantitative estimate of drug-likeness (QED) is 0.762. The Bertz CT molecular complexity index is 433. The van der Waals surface area contributed by atoms with Crippen molar-refractivity contribution in [2.75, 3.05) is 18.9 Å². The van der Waals surface area contributed by atoms with Gasteiger partial charge in [-0.2, -0.15) is 0 Å². The van der Waals surface area contributed by atoms with Crippen LogP contribution in [0.3, 0.4) is 0 Å². The van der Waals surface area contributed by atoms with Gasteiger partial charge in [-0.3, -0.25) is 9.69 Å². The third-order valence-corrected chi connectivity index (χ3v) is 2.54. The number of nitrogens with one attached hydrogen (secondary N) is 1. The third-order valence-electron chi connectivity index (χ3n) is 2.54. The minimum absolute atomic E-state index is 0.159. The van der Waals surface area contributed by atoms with Crippen molar-refractivity contribution in [1.29, 1.82) is 0 Å². The van der Waals surface area contributed by atoms with E-state index in [2.05, 4.69) is 20.2 Å². The Kier molecular flexibility index (Phi) is 2.74. The van der Waals surface area contributed by atoms with Crippen LogP contribution >= 0.6 is 0 Å². The molecule has 0 atom stereocenters. The summed E-state index contributed by atoms with van der Waals surface area (Å²) in [6.45, 7) is 3.42. The zero-order valence-electron chi connectivity index (χ0n) is 9.32. The van der Waals surface area contributed by atoms with Crippen LogP contribution in [-0.4, -0.2) is 39.5 Å². The Morgan fingerprint density at radius 3 is 2.94 bits per heavy atom. The average Bonchev–Trinajstić information content (AvgIpc) is 2.56. The van der Waals surface area contributed by atoms with Crippen LogP contribution in [0.4, 0.5) is 5.95 Å². The predicted molar refractivity (Wildman–Crippen MR) is 58.1 cm³/mol. The summed E-state index contributed by atoms with van der Waals surface area (Å²) < 4.78 is 0. The monoisotopic (exact) mass is 222 g/mol. The van der Waals surface area contributed by atoms with E-state index in [1.165, 1.54) is 0 Å². The van der Waals surface area contributed by atoms with Gasteiger partial charge in [0.1, 0.15) is 6.54 Å². The van der Waals surface area contributed by atoms with Crippen molar-refractivity contribution in [3.63, 3.8) is 0 Å². The molecule has 1 aromatic rings. The highest BCUT2D eigenvalue weighted by Gasteiger charge is 2.20. The van der Waals surface area contributed by atoms with Gasteiger partial charge in [0.25, 0.3) is 0 Å². The second-order valence-electron chi connectivity index (χ2n) is 3.98. The maximum absolute atomic E-state index is 10.4. The molecule has 0 radical (unpaired) electrons. The Morgan fingerprint density at radius 2 is 2.25 bits per heavy atom.